The number of amides is 3. The Kier molecular flexibility index (Phi) is 6.03. The van der Waals surface area contributed by atoms with Crippen molar-refractivity contribution in [2.45, 2.75) is 50.9 Å². The van der Waals surface area contributed by atoms with E-state index in [2.05, 4.69) is 5.32 Å². The highest BCUT2D eigenvalue weighted by atomic mass is 19.1. The van der Waals surface area contributed by atoms with Crippen LogP contribution in [0.5, 0.6) is 5.75 Å². The van der Waals surface area contributed by atoms with Crippen LogP contribution in [0.2, 0.25) is 0 Å². The number of carbonyl (C=O) groups is 3. The maximum Gasteiger partial charge on any atom is 0.255 e. The first-order chi connectivity index (χ1) is 16.4. The van der Waals surface area contributed by atoms with Crippen LogP contribution in [-0.2, 0) is 22.7 Å². The van der Waals surface area contributed by atoms with Crippen molar-refractivity contribution in [1.82, 2.24) is 15.1 Å². The van der Waals surface area contributed by atoms with Gasteiger partial charge in [-0.15, -0.1) is 0 Å². The lowest BCUT2D eigenvalue weighted by Crippen LogP contribution is -2.52. The van der Waals surface area contributed by atoms with Gasteiger partial charge in [-0.1, -0.05) is 6.07 Å². The minimum absolute atomic E-state index is 0.0627. The summed E-state index contributed by atoms with van der Waals surface area (Å²) < 4.78 is 34.3. The monoisotopic (exact) mass is 469 g/mol. The summed E-state index contributed by atoms with van der Waals surface area (Å²) in [5.74, 6) is -1.48. The molecule has 0 aliphatic carbocycles. The van der Waals surface area contributed by atoms with Gasteiger partial charge >= 0.3 is 0 Å². The Bertz CT molecular complexity index is 1130. The molecule has 1 N–H and O–H groups in total. The van der Waals surface area contributed by atoms with Crippen LogP contribution >= 0.6 is 0 Å². The van der Waals surface area contributed by atoms with Crippen LogP contribution in [0.1, 0.15) is 47.2 Å². The fourth-order valence-electron chi connectivity index (χ4n) is 4.98. The predicted octanol–water partition coefficient (Wildman–Crippen LogP) is 2.77. The molecule has 0 aromatic heterocycles. The Balaban J connectivity index is 1.24. The molecule has 9 heteroatoms. The predicted molar refractivity (Wildman–Crippen MR) is 118 cm³/mol. The summed E-state index contributed by atoms with van der Waals surface area (Å²) in [6.07, 6.45) is 2.03. The number of nitrogens with one attached hydrogen (secondary N) is 1. The van der Waals surface area contributed by atoms with E-state index in [4.69, 9.17) is 4.74 Å². The molecule has 0 bridgehead atoms. The quantitative estimate of drug-likeness (QED) is 0.682. The molecular formula is C25H25F2N3O4. The number of hydrogen-bond donors (Lipinski definition) is 1. The maximum absolute atomic E-state index is 14.0. The lowest BCUT2D eigenvalue weighted by atomic mass is 10.0. The van der Waals surface area contributed by atoms with Crippen molar-refractivity contribution in [1.29, 1.82) is 0 Å². The van der Waals surface area contributed by atoms with E-state index in [0.29, 0.717) is 24.3 Å². The number of rotatable bonds is 5. The molecule has 3 amide bonds. The Hall–Kier alpha value is -3.33. The Morgan fingerprint density at radius 1 is 1.06 bits per heavy atom. The van der Waals surface area contributed by atoms with Gasteiger partial charge in [0, 0.05) is 37.2 Å². The third-order valence-corrected chi connectivity index (χ3v) is 6.70. The summed E-state index contributed by atoms with van der Waals surface area (Å²) in [7, 11) is 0. The van der Waals surface area contributed by atoms with E-state index in [-0.39, 0.29) is 43.0 Å². The summed E-state index contributed by atoms with van der Waals surface area (Å²) in [5.41, 5.74) is 1.36. The van der Waals surface area contributed by atoms with Gasteiger partial charge in [0.25, 0.3) is 5.91 Å². The maximum atomic E-state index is 14.0. The molecule has 7 nitrogen and oxygen atoms in total. The van der Waals surface area contributed by atoms with Gasteiger partial charge in [-0.25, -0.2) is 8.78 Å². The minimum atomic E-state index is -0.660. The number of hydrogen-bond acceptors (Lipinski definition) is 5. The molecule has 34 heavy (non-hydrogen) atoms. The molecule has 3 heterocycles. The van der Waals surface area contributed by atoms with Crippen molar-refractivity contribution in [2.75, 3.05) is 13.1 Å². The molecule has 2 saturated heterocycles. The molecule has 2 atom stereocenters. The van der Waals surface area contributed by atoms with Crippen LogP contribution in [0.25, 0.3) is 0 Å². The van der Waals surface area contributed by atoms with Gasteiger partial charge in [0.2, 0.25) is 11.8 Å². The molecule has 0 spiro atoms. The van der Waals surface area contributed by atoms with Crippen LogP contribution in [0.3, 0.4) is 0 Å². The van der Waals surface area contributed by atoms with Crippen molar-refractivity contribution in [3.05, 3.63) is 64.7 Å². The third kappa shape index (κ3) is 4.40. The van der Waals surface area contributed by atoms with Crippen LogP contribution in [0, 0.1) is 11.6 Å². The number of likely N-dealkylation sites (tertiary alicyclic amines) is 1. The highest BCUT2D eigenvalue weighted by Gasteiger charge is 2.39. The summed E-state index contributed by atoms with van der Waals surface area (Å²) in [4.78, 5) is 40.0. The van der Waals surface area contributed by atoms with Gasteiger partial charge in [-0.2, -0.15) is 0 Å². The Labute approximate surface area is 195 Å². The molecule has 5 rings (SSSR count). The summed E-state index contributed by atoms with van der Waals surface area (Å²) in [6, 6.07) is 8.48. The van der Waals surface area contributed by atoms with Gasteiger partial charge in [0.05, 0.1) is 0 Å². The van der Waals surface area contributed by atoms with E-state index in [0.717, 1.165) is 24.9 Å². The highest BCUT2D eigenvalue weighted by Crippen LogP contribution is 2.31. The van der Waals surface area contributed by atoms with Gasteiger partial charge in [0.1, 0.15) is 29.5 Å². The van der Waals surface area contributed by atoms with Gasteiger partial charge in [0.15, 0.2) is 0 Å². The fourth-order valence-corrected chi connectivity index (χ4v) is 4.98. The first-order valence-corrected chi connectivity index (χ1v) is 11.5. The molecular weight excluding hydrogens is 444 g/mol. The Morgan fingerprint density at radius 3 is 2.62 bits per heavy atom. The van der Waals surface area contributed by atoms with Crippen LogP contribution < -0.4 is 10.1 Å². The SMILES string of the molecule is O=C1CCC(N2Cc3cc(OC4CCCN(Cc5c(F)cccc5F)C4)ccc3C2=O)C(=O)N1. The lowest BCUT2D eigenvalue weighted by molar-refractivity contribution is -0.136. The average Bonchev–Trinajstić information content (AvgIpc) is 3.12. The molecule has 178 valence electrons. The number of ether oxygens (including phenoxy) is 1. The zero-order valence-corrected chi connectivity index (χ0v) is 18.6. The van der Waals surface area contributed by atoms with Crippen molar-refractivity contribution in [3.63, 3.8) is 0 Å². The number of carbonyl (C=O) groups excluding carboxylic acids is 3. The number of imide groups is 1. The van der Waals surface area contributed by atoms with E-state index >= 15 is 0 Å². The van der Waals surface area contributed by atoms with Crippen molar-refractivity contribution in [3.8, 4) is 5.75 Å². The van der Waals surface area contributed by atoms with Gasteiger partial charge in [-0.3, -0.25) is 24.6 Å². The Morgan fingerprint density at radius 2 is 1.85 bits per heavy atom. The van der Waals surface area contributed by atoms with E-state index in [1.165, 1.54) is 23.1 Å². The van der Waals surface area contributed by atoms with Crippen LogP contribution in [0.15, 0.2) is 36.4 Å². The fraction of sp³-hybridized carbons (Fsp3) is 0.400. The molecule has 2 aromatic carbocycles. The summed E-state index contributed by atoms with van der Waals surface area (Å²) in [6.45, 7) is 1.72. The van der Waals surface area contributed by atoms with Gasteiger partial charge < -0.3 is 9.64 Å². The van der Waals surface area contributed by atoms with Crippen LogP contribution in [0.4, 0.5) is 8.78 Å². The number of halogens is 2. The second-order valence-corrected chi connectivity index (χ2v) is 9.04. The van der Waals surface area contributed by atoms with Crippen LogP contribution in [-0.4, -0.2) is 52.8 Å². The minimum Gasteiger partial charge on any atom is -0.489 e. The van der Waals surface area contributed by atoms with E-state index in [1.54, 1.807) is 12.1 Å². The van der Waals surface area contributed by atoms with Gasteiger partial charge in [-0.05, 0) is 61.7 Å². The normalized spacial score (nSPS) is 23.1. The number of fused-ring (bicyclic) bond motifs is 1. The average molecular weight is 469 g/mol. The molecule has 2 aromatic rings. The van der Waals surface area contributed by atoms with Crippen molar-refractivity contribution in [2.24, 2.45) is 0 Å². The standard InChI is InChI=1S/C25H25F2N3O4/c26-20-4-1-5-21(27)19(20)14-29-10-2-3-17(13-29)34-16-6-7-18-15(11-16)12-30(25(18)33)22-8-9-23(31)28-24(22)32/h1,4-7,11,17,22H,2-3,8-10,12-14H2,(H,28,31,32). The lowest BCUT2D eigenvalue weighted by Gasteiger charge is -2.33. The van der Waals surface area contributed by atoms with E-state index < -0.39 is 23.6 Å². The van der Waals surface area contributed by atoms with E-state index in [1.807, 2.05) is 11.0 Å². The molecule has 2 fully saturated rings. The second-order valence-electron chi connectivity index (χ2n) is 9.04. The first kappa shape index (κ1) is 22.5. The molecule has 3 aliphatic heterocycles. The largest absolute Gasteiger partial charge is 0.489 e. The topological polar surface area (TPSA) is 79.0 Å². The first-order valence-electron chi connectivity index (χ1n) is 11.5. The summed E-state index contributed by atoms with van der Waals surface area (Å²) >= 11 is 0. The molecule has 3 aliphatic rings. The zero-order valence-electron chi connectivity index (χ0n) is 18.6. The molecule has 2 unspecified atom stereocenters. The second kappa shape index (κ2) is 9.13. The number of nitrogens with zero attached hydrogens (tertiary/aromatic N) is 2. The van der Waals surface area contributed by atoms with Crippen molar-refractivity contribution >= 4 is 17.7 Å². The number of piperidine rings is 2. The van der Waals surface area contributed by atoms with Crippen molar-refractivity contribution < 1.29 is 27.9 Å². The molecule has 0 radical (unpaired) electrons. The molecule has 0 saturated carbocycles. The highest BCUT2D eigenvalue weighted by molar-refractivity contribution is 6.05. The summed E-state index contributed by atoms with van der Waals surface area (Å²) in [5, 5.41) is 2.30. The smallest absolute Gasteiger partial charge is 0.255 e. The van der Waals surface area contributed by atoms with E-state index in [9.17, 15) is 23.2 Å². The zero-order chi connectivity index (χ0) is 23.8. The number of benzene rings is 2. The third-order valence-electron chi connectivity index (χ3n) is 6.70.